The largest absolute Gasteiger partial charge is 0.103 e. The molecule has 2 saturated carbocycles. The van der Waals surface area contributed by atoms with E-state index in [-0.39, 0.29) is 0 Å². The van der Waals surface area contributed by atoms with Gasteiger partial charge in [0.15, 0.2) is 0 Å². The second kappa shape index (κ2) is 6.26. The van der Waals surface area contributed by atoms with Crippen molar-refractivity contribution < 1.29 is 0 Å². The molecule has 0 bridgehead atoms. The summed E-state index contributed by atoms with van der Waals surface area (Å²) in [6.07, 6.45) is 12.4. The molecule has 2 aliphatic carbocycles. The molecule has 0 aromatic heterocycles. The lowest BCUT2D eigenvalue weighted by atomic mass is 9.65. The van der Waals surface area contributed by atoms with Gasteiger partial charge in [0.1, 0.15) is 0 Å². The minimum atomic E-state index is 0.823. The predicted octanol–water partition coefficient (Wildman–Crippen LogP) is 5.69. The highest BCUT2D eigenvalue weighted by Gasteiger charge is 2.33. The molecule has 0 amide bonds. The maximum Gasteiger partial charge on any atom is -0.0236 e. The second-order valence-corrected chi connectivity index (χ2v) is 7.29. The topological polar surface area (TPSA) is 0 Å². The Hall–Kier alpha value is -0.260. The maximum absolute atomic E-state index is 3.96. The number of hydrogen-bond acceptors (Lipinski definition) is 0. The fourth-order valence-electron chi connectivity index (χ4n) is 4.37. The van der Waals surface area contributed by atoms with Gasteiger partial charge in [-0.25, -0.2) is 0 Å². The zero-order valence-electron chi connectivity index (χ0n) is 12.7. The molecule has 4 unspecified atom stereocenters. The van der Waals surface area contributed by atoms with Gasteiger partial charge in [-0.2, -0.15) is 0 Å². The van der Waals surface area contributed by atoms with Gasteiger partial charge in [-0.1, -0.05) is 33.3 Å². The minimum absolute atomic E-state index is 0.823. The van der Waals surface area contributed by atoms with Crippen LogP contribution in [-0.4, -0.2) is 0 Å². The lowest BCUT2D eigenvalue weighted by molar-refractivity contribution is 0.0971. The fourth-order valence-corrected chi connectivity index (χ4v) is 4.37. The summed E-state index contributed by atoms with van der Waals surface area (Å²) in [4.78, 5) is 0. The summed E-state index contributed by atoms with van der Waals surface area (Å²) in [7, 11) is 0. The van der Waals surface area contributed by atoms with Gasteiger partial charge in [0.2, 0.25) is 0 Å². The number of hydrogen-bond donors (Lipinski definition) is 0. The maximum atomic E-state index is 3.96. The first-order valence-corrected chi connectivity index (χ1v) is 8.24. The molecule has 2 aliphatic rings. The van der Waals surface area contributed by atoms with Crippen LogP contribution in [0.4, 0.5) is 0 Å². The summed E-state index contributed by atoms with van der Waals surface area (Å²) in [5, 5.41) is 0. The van der Waals surface area contributed by atoms with E-state index in [1.54, 1.807) is 0 Å². The van der Waals surface area contributed by atoms with Gasteiger partial charge in [0.05, 0.1) is 0 Å². The van der Waals surface area contributed by atoms with E-state index in [1.807, 2.05) is 0 Å². The minimum Gasteiger partial charge on any atom is -0.103 e. The third-order valence-electron chi connectivity index (χ3n) is 6.32. The summed E-state index contributed by atoms with van der Waals surface area (Å²) in [5.74, 6) is 5.70. The molecule has 0 spiro atoms. The van der Waals surface area contributed by atoms with E-state index in [0.717, 1.165) is 35.5 Å². The Bertz CT molecular complexity index is 259. The van der Waals surface area contributed by atoms with Crippen LogP contribution in [0.25, 0.3) is 0 Å². The Labute approximate surface area is 114 Å². The van der Waals surface area contributed by atoms with Crippen molar-refractivity contribution in [1.29, 1.82) is 0 Å². The van der Waals surface area contributed by atoms with Crippen molar-refractivity contribution >= 4 is 0 Å². The average molecular weight is 248 g/mol. The highest BCUT2D eigenvalue weighted by atomic mass is 14.4. The molecule has 2 rings (SSSR count). The van der Waals surface area contributed by atoms with E-state index in [1.165, 1.54) is 44.9 Å². The monoisotopic (exact) mass is 248 g/mol. The van der Waals surface area contributed by atoms with Crippen molar-refractivity contribution in [3.63, 3.8) is 0 Å². The molecule has 0 aromatic carbocycles. The van der Waals surface area contributed by atoms with E-state index >= 15 is 0 Å². The second-order valence-electron chi connectivity index (χ2n) is 7.29. The van der Waals surface area contributed by atoms with E-state index in [0.29, 0.717) is 0 Å². The van der Waals surface area contributed by atoms with Gasteiger partial charge in [0, 0.05) is 0 Å². The van der Waals surface area contributed by atoms with Crippen LogP contribution in [-0.2, 0) is 0 Å². The molecular formula is C18H32. The molecule has 2 fully saturated rings. The molecule has 104 valence electrons. The third kappa shape index (κ3) is 3.19. The van der Waals surface area contributed by atoms with Crippen molar-refractivity contribution in [2.45, 2.75) is 65.7 Å². The molecule has 4 atom stereocenters. The zero-order chi connectivity index (χ0) is 13.1. The third-order valence-corrected chi connectivity index (χ3v) is 6.32. The van der Waals surface area contributed by atoms with Crippen LogP contribution in [0.1, 0.15) is 65.7 Å². The Kier molecular flexibility index (Phi) is 4.92. The Balaban J connectivity index is 1.81. The van der Waals surface area contributed by atoms with Gasteiger partial charge in [-0.15, -0.1) is 6.58 Å². The summed E-state index contributed by atoms with van der Waals surface area (Å²) in [5.41, 5.74) is 0. The van der Waals surface area contributed by atoms with Crippen LogP contribution >= 0.6 is 0 Å². The van der Waals surface area contributed by atoms with Gasteiger partial charge in [-0.3, -0.25) is 0 Å². The predicted molar refractivity (Wildman–Crippen MR) is 80.5 cm³/mol. The van der Waals surface area contributed by atoms with Crippen LogP contribution in [0.15, 0.2) is 12.7 Å². The Morgan fingerprint density at radius 2 is 1.56 bits per heavy atom. The van der Waals surface area contributed by atoms with Gasteiger partial charge in [-0.05, 0) is 74.0 Å². The molecule has 0 radical (unpaired) electrons. The lowest BCUT2D eigenvalue weighted by Crippen LogP contribution is -2.31. The van der Waals surface area contributed by atoms with E-state index in [4.69, 9.17) is 0 Å². The first-order chi connectivity index (χ1) is 8.61. The van der Waals surface area contributed by atoms with E-state index in [9.17, 15) is 0 Å². The average Bonchev–Trinajstić information content (AvgIpc) is 2.40. The van der Waals surface area contributed by atoms with Crippen LogP contribution in [0.5, 0.6) is 0 Å². The van der Waals surface area contributed by atoms with Crippen molar-refractivity contribution in [2.75, 3.05) is 0 Å². The molecule has 0 aliphatic heterocycles. The molecule has 0 N–H and O–H groups in total. The molecule has 0 aromatic rings. The van der Waals surface area contributed by atoms with E-state index in [2.05, 4.69) is 33.4 Å². The fraction of sp³-hybridized carbons (Fsp3) is 0.889. The van der Waals surface area contributed by atoms with Crippen molar-refractivity contribution in [2.24, 2.45) is 35.5 Å². The van der Waals surface area contributed by atoms with Crippen molar-refractivity contribution in [1.82, 2.24) is 0 Å². The van der Waals surface area contributed by atoms with Gasteiger partial charge >= 0.3 is 0 Å². The molecule has 18 heavy (non-hydrogen) atoms. The smallest absolute Gasteiger partial charge is 0.0236 e. The first kappa shape index (κ1) is 14.2. The van der Waals surface area contributed by atoms with Crippen LogP contribution in [0.3, 0.4) is 0 Å². The molecule has 0 nitrogen and oxygen atoms in total. The van der Waals surface area contributed by atoms with Gasteiger partial charge < -0.3 is 0 Å². The number of allylic oxidation sites excluding steroid dienone is 1. The highest BCUT2D eigenvalue weighted by Crippen LogP contribution is 2.43. The Morgan fingerprint density at radius 3 is 2.17 bits per heavy atom. The molecule has 0 heterocycles. The molecular weight excluding hydrogens is 216 g/mol. The van der Waals surface area contributed by atoms with Crippen LogP contribution in [0, 0.1) is 35.5 Å². The van der Waals surface area contributed by atoms with Crippen LogP contribution < -0.4 is 0 Å². The quantitative estimate of drug-likeness (QED) is 0.563. The highest BCUT2D eigenvalue weighted by molar-refractivity contribution is 4.87. The van der Waals surface area contributed by atoms with Crippen molar-refractivity contribution in [3.05, 3.63) is 12.7 Å². The normalized spacial score (nSPS) is 45.7. The lowest BCUT2D eigenvalue weighted by Gasteiger charge is -2.41. The SMILES string of the molecule is C=CC1CCC(CC2CCC(C)C(C)C2C)CC1. The van der Waals surface area contributed by atoms with Crippen molar-refractivity contribution in [3.8, 4) is 0 Å². The first-order valence-electron chi connectivity index (χ1n) is 8.24. The standard InChI is InChI=1S/C18H32/c1-5-16-7-9-17(10-8-16)12-18-11-6-13(2)14(3)15(18)4/h5,13-18H,1,6-12H2,2-4H3. The van der Waals surface area contributed by atoms with E-state index < -0.39 is 0 Å². The summed E-state index contributed by atoms with van der Waals surface area (Å²) in [6, 6.07) is 0. The molecule has 0 heteroatoms. The summed E-state index contributed by atoms with van der Waals surface area (Å²) >= 11 is 0. The number of rotatable bonds is 3. The zero-order valence-corrected chi connectivity index (χ0v) is 12.7. The van der Waals surface area contributed by atoms with Gasteiger partial charge in [0.25, 0.3) is 0 Å². The summed E-state index contributed by atoms with van der Waals surface area (Å²) in [6.45, 7) is 11.4. The Morgan fingerprint density at radius 1 is 0.889 bits per heavy atom. The van der Waals surface area contributed by atoms with Crippen LogP contribution in [0.2, 0.25) is 0 Å². The molecule has 0 saturated heterocycles. The summed E-state index contributed by atoms with van der Waals surface area (Å²) < 4.78 is 0.